The molecule has 1 N–H and O–H groups in total. The van der Waals surface area contributed by atoms with Gasteiger partial charge in [-0.05, 0) is 44.0 Å². The molecule has 1 atom stereocenters. The zero-order valence-electron chi connectivity index (χ0n) is 16.2. The zero-order chi connectivity index (χ0) is 19.1. The van der Waals surface area contributed by atoms with Gasteiger partial charge in [-0.3, -0.25) is 14.5 Å². The third-order valence-corrected chi connectivity index (χ3v) is 6.27. The van der Waals surface area contributed by atoms with Crippen LogP contribution in [-0.2, 0) is 16.1 Å². The molecule has 0 radical (unpaired) electrons. The fourth-order valence-electron chi connectivity index (χ4n) is 4.18. The van der Waals surface area contributed by atoms with Gasteiger partial charge in [0.05, 0.1) is 11.7 Å². The minimum absolute atomic E-state index is 0.0821. The minimum atomic E-state index is 0.0821. The summed E-state index contributed by atoms with van der Waals surface area (Å²) >= 11 is 1.59. The van der Waals surface area contributed by atoms with Crippen LogP contribution in [0.3, 0.4) is 0 Å². The molecule has 1 unspecified atom stereocenters. The molecule has 2 amide bonds. The van der Waals surface area contributed by atoms with Crippen molar-refractivity contribution < 1.29 is 9.59 Å². The molecule has 148 valence electrons. The van der Waals surface area contributed by atoms with Gasteiger partial charge < -0.3 is 10.2 Å². The predicted molar refractivity (Wildman–Crippen MR) is 111 cm³/mol. The van der Waals surface area contributed by atoms with Gasteiger partial charge in [0.15, 0.2) is 0 Å². The Morgan fingerprint density at radius 2 is 1.85 bits per heavy atom. The molecule has 0 bridgehead atoms. The maximum atomic E-state index is 12.6. The van der Waals surface area contributed by atoms with E-state index in [2.05, 4.69) is 10.2 Å². The van der Waals surface area contributed by atoms with Gasteiger partial charge in [0.25, 0.3) is 0 Å². The summed E-state index contributed by atoms with van der Waals surface area (Å²) in [6.45, 7) is 4.24. The van der Waals surface area contributed by atoms with Crippen LogP contribution in [0.2, 0.25) is 0 Å². The number of benzene rings is 1. The Labute approximate surface area is 166 Å². The summed E-state index contributed by atoms with van der Waals surface area (Å²) in [5.74, 6) is 1.10. The second kappa shape index (κ2) is 10.1. The van der Waals surface area contributed by atoms with Crippen molar-refractivity contribution in [2.75, 3.05) is 38.2 Å². The molecule has 3 rings (SSSR count). The number of rotatable bonds is 6. The lowest BCUT2D eigenvalue weighted by molar-refractivity contribution is -0.130. The van der Waals surface area contributed by atoms with E-state index in [9.17, 15) is 9.59 Å². The Morgan fingerprint density at radius 1 is 1.11 bits per heavy atom. The van der Waals surface area contributed by atoms with Gasteiger partial charge in [0, 0.05) is 32.2 Å². The van der Waals surface area contributed by atoms with Crippen molar-refractivity contribution in [1.29, 1.82) is 0 Å². The second-order valence-electron chi connectivity index (χ2n) is 7.58. The summed E-state index contributed by atoms with van der Waals surface area (Å²) in [5, 5.41) is 3.11. The van der Waals surface area contributed by atoms with Gasteiger partial charge in [-0.1, -0.05) is 30.3 Å². The van der Waals surface area contributed by atoms with E-state index < -0.39 is 0 Å². The predicted octanol–water partition coefficient (Wildman–Crippen LogP) is 2.37. The van der Waals surface area contributed by atoms with E-state index in [0.717, 1.165) is 57.4 Å². The number of piperidine rings is 2. The molecule has 2 saturated heterocycles. The van der Waals surface area contributed by atoms with Gasteiger partial charge in [-0.25, -0.2) is 0 Å². The average molecular weight is 390 g/mol. The summed E-state index contributed by atoms with van der Waals surface area (Å²) in [7, 11) is 0. The van der Waals surface area contributed by atoms with Crippen LogP contribution in [0.15, 0.2) is 30.3 Å². The molecule has 2 heterocycles. The van der Waals surface area contributed by atoms with Gasteiger partial charge in [-0.15, -0.1) is 0 Å². The van der Waals surface area contributed by atoms with Crippen molar-refractivity contribution in [3.05, 3.63) is 35.9 Å². The lowest BCUT2D eigenvalue weighted by Crippen LogP contribution is -2.51. The van der Waals surface area contributed by atoms with Crippen molar-refractivity contribution in [3.63, 3.8) is 0 Å². The number of nitrogens with zero attached hydrogens (tertiary/aromatic N) is 2. The van der Waals surface area contributed by atoms with Crippen LogP contribution in [0.25, 0.3) is 0 Å². The summed E-state index contributed by atoms with van der Waals surface area (Å²) in [6, 6.07) is 10.6. The highest BCUT2D eigenvalue weighted by Crippen LogP contribution is 2.24. The van der Waals surface area contributed by atoms with E-state index in [0.29, 0.717) is 18.3 Å². The maximum Gasteiger partial charge on any atom is 0.232 e. The fourth-order valence-corrected chi connectivity index (χ4v) is 4.61. The van der Waals surface area contributed by atoms with Crippen LogP contribution in [0.4, 0.5) is 0 Å². The SMILES string of the molecule is CSCC(=O)N1CCC(N2CCCC(C(=O)NCc3ccccc3)C2)CC1. The molecule has 27 heavy (non-hydrogen) atoms. The quantitative estimate of drug-likeness (QED) is 0.812. The maximum absolute atomic E-state index is 12.6. The molecule has 2 fully saturated rings. The minimum Gasteiger partial charge on any atom is -0.352 e. The molecule has 1 aromatic carbocycles. The number of thioether (sulfide) groups is 1. The first kappa shape index (κ1) is 20.2. The van der Waals surface area contributed by atoms with Crippen LogP contribution in [0, 0.1) is 5.92 Å². The van der Waals surface area contributed by atoms with Crippen molar-refractivity contribution in [2.45, 2.75) is 38.3 Å². The number of likely N-dealkylation sites (tertiary alicyclic amines) is 2. The van der Waals surface area contributed by atoms with Crippen molar-refractivity contribution in [2.24, 2.45) is 5.92 Å². The molecular weight excluding hydrogens is 358 g/mol. The first-order valence-corrected chi connectivity index (χ1v) is 11.4. The molecule has 0 saturated carbocycles. The second-order valence-corrected chi connectivity index (χ2v) is 8.45. The topological polar surface area (TPSA) is 52.7 Å². The Hall–Kier alpha value is -1.53. The monoisotopic (exact) mass is 389 g/mol. The van der Waals surface area contributed by atoms with Crippen LogP contribution in [-0.4, -0.2) is 65.8 Å². The van der Waals surface area contributed by atoms with Crippen molar-refractivity contribution in [3.8, 4) is 0 Å². The Morgan fingerprint density at radius 3 is 2.56 bits per heavy atom. The smallest absolute Gasteiger partial charge is 0.232 e. The van der Waals surface area contributed by atoms with Crippen molar-refractivity contribution in [1.82, 2.24) is 15.1 Å². The van der Waals surface area contributed by atoms with Crippen molar-refractivity contribution >= 4 is 23.6 Å². The van der Waals surface area contributed by atoms with E-state index in [1.807, 2.05) is 41.5 Å². The van der Waals surface area contributed by atoms with E-state index >= 15 is 0 Å². The van der Waals surface area contributed by atoms with Crippen LogP contribution >= 0.6 is 11.8 Å². The number of amides is 2. The summed E-state index contributed by atoms with van der Waals surface area (Å²) in [5.41, 5.74) is 1.14. The Bertz CT molecular complexity index is 617. The molecule has 2 aliphatic rings. The molecule has 1 aromatic rings. The third-order valence-electron chi connectivity index (χ3n) is 5.73. The highest BCUT2D eigenvalue weighted by atomic mass is 32.2. The number of carbonyl (C=O) groups is 2. The van der Waals surface area contributed by atoms with E-state index in [4.69, 9.17) is 0 Å². The fraction of sp³-hybridized carbons (Fsp3) is 0.619. The molecule has 0 spiro atoms. The summed E-state index contributed by atoms with van der Waals surface area (Å²) < 4.78 is 0. The number of nitrogens with one attached hydrogen (secondary N) is 1. The van der Waals surface area contributed by atoms with E-state index in [-0.39, 0.29) is 17.7 Å². The standard InChI is InChI=1S/C21H31N3O2S/c1-27-16-20(25)23-12-9-19(10-13-23)24-11-5-8-18(15-24)21(26)22-14-17-6-3-2-4-7-17/h2-4,6-7,18-19H,5,8-16H2,1H3,(H,22,26). The summed E-state index contributed by atoms with van der Waals surface area (Å²) in [4.78, 5) is 29.2. The van der Waals surface area contributed by atoms with Crippen LogP contribution in [0.1, 0.15) is 31.2 Å². The van der Waals surface area contributed by atoms with Gasteiger partial charge >= 0.3 is 0 Å². The highest BCUT2D eigenvalue weighted by molar-refractivity contribution is 7.99. The summed E-state index contributed by atoms with van der Waals surface area (Å²) in [6.07, 6.45) is 6.08. The largest absolute Gasteiger partial charge is 0.352 e. The molecule has 5 nitrogen and oxygen atoms in total. The Kier molecular flexibility index (Phi) is 7.59. The van der Waals surface area contributed by atoms with Gasteiger partial charge in [0.2, 0.25) is 11.8 Å². The first-order chi connectivity index (χ1) is 13.2. The lowest BCUT2D eigenvalue weighted by Gasteiger charge is -2.42. The molecular formula is C21H31N3O2S. The van der Waals surface area contributed by atoms with Crippen LogP contribution < -0.4 is 5.32 Å². The zero-order valence-corrected chi connectivity index (χ0v) is 17.0. The number of hydrogen-bond acceptors (Lipinski definition) is 4. The molecule has 0 aromatic heterocycles. The third kappa shape index (κ3) is 5.72. The molecule has 2 aliphatic heterocycles. The van der Waals surface area contributed by atoms with E-state index in [1.54, 1.807) is 11.8 Å². The molecule has 6 heteroatoms. The molecule has 0 aliphatic carbocycles. The average Bonchev–Trinajstić information content (AvgIpc) is 2.73. The first-order valence-electron chi connectivity index (χ1n) is 9.99. The van der Waals surface area contributed by atoms with Crippen LogP contribution in [0.5, 0.6) is 0 Å². The number of carbonyl (C=O) groups excluding carboxylic acids is 2. The normalized spacial score (nSPS) is 21.8. The Balaban J connectivity index is 1.45. The lowest BCUT2D eigenvalue weighted by atomic mass is 9.93. The highest BCUT2D eigenvalue weighted by Gasteiger charge is 2.32. The van der Waals surface area contributed by atoms with E-state index in [1.165, 1.54) is 0 Å². The van der Waals surface area contributed by atoms with Gasteiger partial charge in [-0.2, -0.15) is 11.8 Å². The van der Waals surface area contributed by atoms with Gasteiger partial charge in [0.1, 0.15) is 0 Å². The number of hydrogen-bond donors (Lipinski definition) is 1.